The zero-order valence-electron chi connectivity index (χ0n) is 12.1. The molecule has 0 radical (unpaired) electrons. The first-order valence-corrected chi connectivity index (χ1v) is 7.44. The number of nitrogens with one attached hydrogen (secondary N) is 1. The van der Waals surface area contributed by atoms with Gasteiger partial charge in [-0.3, -0.25) is 0 Å². The molecule has 0 saturated heterocycles. The normalized spacial score (nSPS) is 22.1. The molecule has 0 bridgehead atoms. The van der Waals surface area contributed by atoms with Crippen LogP contribution in [-0.4, -0.2) is 27.7 Å². The third-order valence-electron chi connectivity index (χ3n) is 3.83. The summed E-state index contributed by atoms with van der Waals surface area (Å²) in [6.07, 6.45) is 9.29. The van der Waals surface area contributed by atoms with Gasteiger partial charge in [-0.25, -0.2) is 9.97 Å². The van der Waals surface area contributed by atoms with E-state index < -0.39 is 0 Å². The Bertz CT molecular complexity index is 453. The lowest BCUT2D eigenvalue weighted by molar-refractivity contribution is 0.328. The average molecular weight is 273 g/mol. The minimum atomic E-state index is -0.0245. The number of aryl methyl sites for hydroxylation is 1. The Morgan fingerprint density at radius 1 is 1.25 bits per heavy atom. The van der Waals surface area contributed by atoms with Gasteiger partial charge in [-0.1, -0.05) is 18.8 Å². The van der Waals surface area contributed by atoms with Crippen molar-refractivity contribution in [2.75, 3.05) is 6.61 Å². The summed E-state index contributed by atoms with van der Waals surface area (Å²) < 4.78 is 0. The summed E-state index contributed by atoms with van der Waals surface area (Å²) in [4.78, 5) is 8.73. The van der Waals surface area contributed by atoms with Crippen LogP contribution in [-0.2, 0) is 13.0 Å². The number of aliphatic hydroxyl groups excluding tert-OH is 1. The predicted molar refractivity (Wildman–Crippen MR) is 78.9 cm³/mol. The molecule has 2 N–H and O–H groups in total. The summed E-state index contributed by atoms with van der Waals surface area (Å²) in [7, 11) is 0. The van der Waals surface area contributed by atoms with Crippen LogP contribution in [0, 0.1) is 17.8 Å². The fraction of sp³-hybridized carbons (Fsp3) is 0.625. The van der Waals surface area contributed by atoms with Gasteiger partial charge in [0, 0.05) is 24.4 Å². The lowest BCUT2D eigenvalue weighted by atomic mass is 9.86. The van der Waals surface area contributed by atoms with E-state index in [0.29, 0.717) is 12.0 Å². The van der Waals surface area contributed by atoms with Crippen molar-refractivity contribution in [3.63, 3.8) is 0 Å². The highest BCUT2D eigenvalue weighted by molar-refractivity contribution is 5.06. The SMILES string of the molecule is CCc1cnc(CNC2CCC(C#CCO)CC2)nc1. The van der Waals surface area contributed by atoms with Crippen molar-refractivity contribution in [2.45, 2.75) is 51.6 Å². The highest BCUT2D eigenvalue weighted by atomic mass is 16.2. The number of rotatable bonds is 4. The second-order valence-electron chi connectivity index (χ2n) is 5.27. The van der Waals surface area contributed by atoms with Gasteiger partial charge in [-0.2, -0.15) is 0 Å². The van der Waals surface area contributed by atoms with Gasteiger partial charge in [-0.05, 0) is 37.7 Å². The minimum absolute atomic E-state index is 0.0245. The maximum Gasteiger partial charge on any atom is 0.141 e. The number of hydrogen-bond donors (Lipinski definition) is 2. The Labute approximate surface area is 121 Å². The number of aromatic nitrogens is 2. The van der Waals surface area contributed by atoms with Crippen molar-refractivity contribution in [3.8, 4) is 11.8 Å². The van der Waals surface area contributed by atoms with Crippen LogP contribution in [0.25, 0.3) is 0 Å². The first kappa shape index (κ1) is 15.0. The van der Waals surface area contributed by atoms with Crippen molar-refractivity contribution >= 4 is 0 Å². The van der Waals surface area contributed by atoms with E-state index in [2.05, 4.69) is 34.0 Å². The number of hydrogen-bond acceptors (Lipinski definition) is 4. The predicted octanol–water partition coefficient (Wildman–Crippen LogP) is 1.68. The Balaban J connectivity index is 1.72. The van der Waals surface area contributed by atoms with Crippen molar-refractivity contribution in [2.24, 2.45) is 5.92 Å². The molecule has 0 aromatic carbocycles. The first-order chi connectivity index (χ1) is 9.81. The molecule has 0 aliphatic heterocycles. The van der Waals surface area contributed by atoms with Gasteiger partial charge in [-0.15, -0.1) is 0 Å². The fourth-order valence-electron chi connectivity index (χ4n) is 2.52. The van der Waals surface area contributed by atoms with E-state index in [-0.39, 0.29) is 6.61 Å². The van der Waals surface area contributed by atoms with Gasteiger partial charge >= 0.3 is 0 Å². The molecule has 1 aliphatic carbocycles. The van der Waals surface area contributed by atoms with Crippen LogP contribution in [0.5, 0.6) is 0 Å². The summed E-state index contributed by atoms with van der Waals surface area (Å²) in [5, 5.41) is 12.2. The maximum absolute atomic E-state index is 8.70. The Morgan fingerprint density at radius 2 is 1.95 bits per heavy atom. The van der Waals surface area contributed by atoms with Gasteiger partial charge < -0.3 is 10.4 Å². The molecule has 0 unspecified atom stereocenters. The van der Waals surface area contributed by atoms with E-state index in [1.54, 1.807) is 0 Å². The zero-order valence-corrected chi connectivity index (χ0v) is 12.1. The molecule has 4 nitrogen and oxygen atoms in total. The van der Waals surface area contributed by atoms with Crippen molar-refractivity contribution in [1.82, 2.24) is 15.3 Å². The first-order valence-electron chi connectivity index (χ1n) is 7.44. The third-order valence-corrected chi connectivity index (χ3v) is 3.83. The molecular formula is C16H23N3O. The minimum Gasteiger partial charge on any atom is -0.384 e. The summed E-state index contributed by atoms with van der Waals surface area (Å²) in [5.41, 5.74) is 1.18. The lowest BCUT2D eigenvalue weighted by Gasteiger charge is -2.26. The number of nitrogens with zero attached hydrogens (tertiary/aromatic N) is 2. The average Bonchev–Trinajstić information content (AvgIpc) is 2.52. The monoisotopic (exact) mass is 273 g/mol. The Morgan fingerprint density at radius 3 is 2.55 bits per heavy atom. The second kappa shape index (κ2) is 7.98. The smallest absolute Gasteiger partial charge is 0.141 e. The molecule has 0 amide bonds. The van der Waals surface area contributed by atoms with Crippen LogP contribution in [0.15, 0.2) is 12.4 Å². The van der Waals surface area contributed by atoms with Crippen LogP contribution in [0.4, 0.5) is 0 Å². The van der Waals surface area contributed by atoms with Gasteiger partial charge in [0.15, 0.2) is 0 Å². The Hall–Kier alpha value is -1.44. The molecule has 108 valence electrons. The standard InChI is InChI=1S/C16H23N3O/c1-2-13-10-18-16(19-11-13)12-17-15-7-5-14(6-8-15)4-3-9-20/h10-11,14-15,17,20H,2,5-9,12H2,1H3. The molecule has 1 aromatic rings. The van der Waals surface area contributed by atoms with E-state index >= 15 is 0 Å². The van der Waals surface area contributed by atoms with E-state index in [9.17, 15) is 0 Å². The molecule has 20 heavy (non-hydrogen) atoms. The highest BCUT2D eigenvalue weighted by Gasteiger charge is 2.19. The largest absolute Gasteiger partial charge is 0.384 e. The molecule has 1 heterocycles. The van der Waals surface area contributed by atoms with Crippen molar-refractivity contribution in [3.05, 3.63) is 23.8 Å². The van der Waals surface area contributed by atoms with Gasteiger partial charge in [0.25, 0.3) is 0 Å². The molecule has 4 heteroatoms. The molecule has 2 rings (SSSR count). The van der Waals surface area contributed by atoms with Crippen molar-refractivity contribution in [1.29, 1.82) is 0 Å². The van der Waals surface area contributed by atoms with Crippen molar-refractivity contribution < 1.29 is 5.11 Å². The van der Waals surface area contributed by atoms with Crippen LogP contribution in [0.3, 0.4) is 0 Å². The molecule has 1 aliphatic rings. The molecule has 0 atom stereocenters. The quantitative estimate of drug-likeness (QED) is 0.820. The van der Waals surface area contributed by atoms with E-state index in [0.717, 1.165) is 44.5 Å². The summed E-state index contributed by atoms with van der Waals surface area (Å²) in [6, 6.07) is 0.539. The number of aliphatic hydroxyl groups is 1. The van der Waals surface area contributed by atoms with Gasteiger partial charge in [0.1, 0.15) is 12.4 Å². The van der Waals surface area contributed by atoms with Crippen LogP contribution < -0.4 is 5.32 Å². The third kappa shape index (κ3) is 4.59. The highest BCUT2D eigenvalue weighted by Crippen LogP contribution is 2.23. The maximum atomic E-state index is 8.70. The van der Waals surface area contributed by atoms with E-state index in [1.807, 2.05) is 12.4 Å². The molecule has 1 aromatic heterocycles. The van der Waals surface area contributed by atoms with Crippen LogP contribution in [0.2, 0.25) is 0 Å². The molecule has 1 fully saturated rings. The lowest BCUT2D eigenvalue weighted by Crippen LogP contribution is -2.33. The van der Waals surface area contributed by atoms with Gasteiger partial charge in [0.2, 0.25) is 0 Å². The molecular weight excluding hydrogens is 250 g/mol. The molecule has 1 saturated carbocycles. The van der Waals surface area contributed by atoms with Crippen LogP contribution in [0.1, 0.15) is 44.0 Å². The van der Waals surface area contributed by atoms with E-state index in [1.165, 1.54) is 5.56 Å². The Kier molecular flexibility index (Phi) is 5.97. The topological polar surface area (TPSA) is 58.0 Å². The molecule has 0 spiro atoms. The van der Waals surface area contributed by atoms with E-state index in [4.69, 9.17) is 5.11 Å². The second-order valence-corrected chi connectivity index (χ2v) is 5.27. The fourth-order valence-corrected chi connectivity index (χ4v) is 2.52. The van der Waals surface area contributed by atoms with Crippen LogP contribution >= 0.6 is 0 Å². The van der Waals surface area contributed by atoms with Gasteiger partial charge in [0.05, 0.1) is 6.54 Å². The zero-order chi connectivity index (χ0) is 14.2. The summed E-state index contributed by atoms with van der Waals surface area (Å²) in [6.45, 7) is 2.82. The summed E-state index contributed by atoms with van der Waals surface area (Å²) >= 11 is 0. The summed E-state index contributed by atoms with van der Waals surface area (Å²) in [5.74, 6) is 7.22.